The molecule has 0 heterocycles. The van der Waals surface area contributed by atoms with E-state index in [1.54, 1.807) is 0 Å². The van der Waals surface area contributed by atoms with Gasteiger partial charge in [0, 0.05) is 6.42 Å². The van der Waals surface area contributed by atoms with Crippen LogP contribution in [0.3, 0.4) is 0 Å². The molecule has 0 bridgehead atoms. The number of carbonyl (C=O) groups is 2. The summed E-state index contributed by atoms with van der Waals surface area (Å²) in [5.74, 6) is 0.263. The molecule has 4 nitrogen and oxygen atoms in total. The standard InChI is InChI=1S/C31H60O4/c1-6-11-19-26(8-3)23-31(30(34)35,24-27(9-4)20-12-7-2)25-28(10-5)21-17-15-13-14-16-18-22-29(32)33/h26-28H,6-25H2,1-5H3,(H,32,33)(H,34,35). The molecule has 35 heavy (non-hydrogen) atoms. The Hall–Kier alpha value is -1.06. The van der Waals surface area contributed by atoms with Crippen molar-refractivity contribution in [3.8, 4) is 0 Å². The van der Waals surface area contributed by atoms with E-state index >= 15 is 0 Å². The second-order valence-electron chi connectivity index (χ2n) is 11.4. The van der Waals surface area contributed by atoms with Crippen molar-refractivity contribution in [1.82, 2.24) is 0 Å². The fraction of sp³-hybridized carbons (Fsp3) is 0.935. The molecule has 0 aliphatic carbocycles. The molecule has 0 fully saturated rings. The Morgan fingerprint density at radius 2 is 0.943 bits per heavy atom. The van der Waals surface area contributed by atoms with E-state index in [1.165, 1.54) is 32.1 Å². The highest BCUT2D eigenvalue weighted by atomic mass is 16.4. The summed E-state index contributed by atoms with van der Waals surface area (Å²) < 4.78 is 0. The normalized spacial score (nSPS) is 15.9. The van der Waals surface area contributed by atoms with Crippen molar-refractivity contribution in [2.75, 3.05) is 0 Å². The van der Waals surface area contributed by atoms with E-state index in [2.05, 4.69) is 34.6 Å². The zero-order valence-corrected chi connectivity index (χ0v) is 24.1. The summed E-state index contributed by atoms with van der Waals surface area (Å²) in [6.07, 6.45) is 20.6. The van der Waals surface area contributed by atoms with Crippen molar-refractivity contribution in [3.05, 3.63) is 0 Å². The lowest BCUT2D eigenvalue weighted by Crippen LogP contribution is -2.37. The summed E-state index contributed by atoms with van der Waals surface area (Å²) >= 11 is 0. The Bertz CT molecular complexity index is 512. The molecule has 2 N–H and O–H groups in total. The lowest BCUT2D eigenvalue weighted by molar-refractivity contribution is -0.153. The van der Waals surface area contributed by atoms with Crippen LogP contribution >= 0.6 is 0 Å². The number of rotatable bonds is 25. The molecule has 0 radical (unpaired) electrons. The zero-order chi connectivity index (χ0) is 26.5. The van der Waals surface area contributed by atoms with Crippen LogP contribution in [0.1, 0.15) is 163 Å². The maximum atomic E-state index is 13.0. The van der Waals surface area contributed by atoms with Crippen LogP contribution in [0.5, 0.6) is 0 Å². The molecular formula is C31H60O4. The van der Waals surface area contributed by atoms with Crippen molar-refractivity contribution in [3.63, 3.8) is 0 Å². The Morgan fingerprint density at radius 1 is 0.571 bits per heavy atom. The molecule has 0 saturated heterocycles. The highest BCUT2D eigenvalue weighted by Gasteiger charge is 2.42. The fourth-order valence-corrected chi connectivity index (χ4v) is 5.92. The average Bonchev–Trinajstić information content (AvgIpc) is 2.84. The van der Waals surface area contributed by atoms with Gasteiger partial charge in [0.15, 0.2) is 0 Å². The minimum absolute atomic E-state index is 0.281. The zero-order valence-electron chi connectivity index (χ0n) is 24.1. The van der Waals surface area contributed by atoms with Crippen LogP contribution in [-0.4, -0.2) is 22.2 Å². The van der Waals surface area contributed by atoms with Gasteiger partial charge in [0.2, 0.25) is 0 Å². The van der Waals surface area contributed by atoms with Crippen LogP contribution < -0.4 is 0 Å². The molecule has 0 aromatic rings. The Labute approximate surface area is 218 Å². The molecule has 0 aromatic heterocycles. The first-order valence-corrected chi connectivity index (χ1v) is 15.2. The van der Waals surface area contributed by atoms with Crippen LogP contribution in [0.15, 0.2) is 0 Å². The van der Waals surface area contributed by atoms with Crippen LogP contribution in [0.25, 0.3) is 0 Å². The average molecular weight is 497 g/mol. The van der Waals surface area contributed by atoms with Crippen LogP contribution in [-0.2, 0) is 9.59 Å². The first-order chi connectivity index (χ1) is 16.8. The monoisotopic (exact) mass is 496 g/mol. The third kappa shape index (κ3) is 15.6. The van der Waals surface area contributed by atoms with Gasteiger partial charge in [-0.2, -0.15) is 0 Å². The van der Waals surface area contributed by atoms with E-state index in [4.69, 9.17) is 5.11 Å². The topological polar surface area (TPSA) is 74.6 Å². The quantitative estimate of drug-likeness (QED) is 0.123. The Kier molecular flexibility index (Phi) is 20.4. The predicted octanol–water partition coefficient (Wildman–Crippen LogP) is 9.89. The molecule has 3 unspecified atom stereocenters. The lowest BCUT2D eigenvalue weighted by atomic mass is 9.65. The predicted molar refractivity (Wildman–Crippen MR) is 149 cm³/mol. The number of carboxylic acids is 2. The highest BCUT2D eigenvalue weighted by Crippen LogP contribution is 2.45. The first-order valence-electron chi connectivity index (χ1n) is 15.2. The molecule has 3 atom stereocenters. The molecule has 0 rings (SSSR count). The SMILES string of the molecule is CCCCC(CC)CC(CC(CC)CCCC)(CC(CC)CCCCCCCCC(=O)O)C(=O)O. The smallest absolute Gasteiger partial charge is 0.309 e. The lowest BCUT2D eigenvalue weighted by Gasteiger charge is -2.38. The highest BCUT2D eigenvalue weighted by molar-refractivity contribution is 5.74. The Balaban J connectivity index is 5.23. The number of carboxylic acid groups (broad SMARTS) is 2. The van der Waals surface area contributed by atoms with Gasteiger partial charge in [-0.25, -0.2) is 0 Å². The third-order valence-electron chi connectivity index (χ3n) is 8.41. The molecule has 0 saturated carbocycles. The van der Waals surface area contributed by atoms with Crippen LogP contribution in [0.4, 0.5) is 0 Å². The molecule has 0 aromatic carbocycles. The molecule has 0 amide bonds. The van der Waals surface area contributed by atoms with E-state index in [9.17, 15) is 14.7 Å². The number of aliphatic carboxylic acids is 2. The van der Waals surface area contributed by atoms with E-state index < -0.39 is 17.4 Å². The third-order valence-corrected chi connectivity index (χ3v) is 8.41. The van der Waals surface area contributed by atoms with Gasteiger partial charge >= 0.3 is 11.9 Å². The van der Waals surface area contributed by atoms with Gasteiger partial charge in [-0.05, 0) is 43.4 Å². The molecule has 0 spiro atoms. The van der Waals surface area contributed by atoms with Crippen molar-refractivity contribution in [2.45, 2.75) is 163 Å². The maximum absolute atomic E-state index is 13.0. The van der Waals surface area contributed by atoms with Gasteiger partial charge in [-0.3, -0.25) is 9.59 Å². The number of hydrogen-bond acceptors (Lipinski definition) is 2. The second-order valence-corrected chi connectivity index (χ2v) is 11.4. The van der Waals surface area contributed by atoms with Crippen molar-refractivity contribution < 1.29 is 19.8 Å². The molecule has 0 aliphatic heterocycles. The molecule has 208 valence electrons. The van der Waals surface area contributed by atoms with E-state index in [0.29, 0.717) is 17.8 Å². The van der Waals surface area contributed by atoms with Crippen LogP contribution in [0, 0.1) is 23.2 Å². The largest absolute Gasteiger partial charge is 0.481 e. The minimum Gasteiger partial charge on any atom is -0.481 e. The number of unbranched alkanes of at least 4 members (excludes halogenated alkanes) is 7. The van der Waals surface area contributed by atoms with E-state index in [1.807, 2.05) is 0 Å². The molecule has 4 heteroatoms. The van der Waals surface area contributed by atoms with Gasteiger partial charge in [-0.1, -0.05) is 131 Å². The van der Waals surface area contributed by atoms with Gasteiger partial charge in [0.25, 0.3) is 0 Å². The second kappa shape index (κ2) is 21.1. The van der Waals surface area contributed by atoms with Crippen molar-refractivity contribution >= 4 is 11.9 Å². The maximum Gasteiger partial charge on any atom is 0.309 e. The fourth-order valence-electron chi connectivity index (χ4n) is 5.92. The summed E-state index contributed by atoms with van der Waals surface area (Å²) in [6.45, 7) is 11.2. The summed E-state index contributed by atoms with van der Waals surface area (Å²) in [5, 5.41) is 19.5. The number of hydrogen-bond donors (Lipinski definition) is 2. The Morgan fingerprint density at radius 3 is 1.29 bits per heavy atom. The van der Waals surface area contributed by atoms with Crippen LogP contribution in [0.2, 0.25) is 0 Å². The van der Waals surface area contributed by atoms with Gasteiger partial charge in [0.05, 0.1) is 5.41 Å². The van der Waals surface area contributed by atoms with Gasteiger partial charge in [0.1, 0.15) is 0 Å². The summed E-state index contributed by atoms with van der Waals surface area (Å²) in [4.78, 5) is 23.6. The van der Waals surface area contributed by atoms with Crippen molar-refractivity contribution in [2.24, 2.45) is 23.2 Å². The first kappa shape index (κ1) is 33.9. The molecular weight excluding hydrogens is 436 g/mol. The van der Waals surface area contributed by atoms with Crippen molar-refractivity contribution in [1.29, 1.82) is 0 Å². The van der Waals surface area contributed by atoms with E-state index in [0.717, 1.165) is 89.9 Å². The van der Waals surface area contributed by atoms with E-state index in [-0.39, 0.29) is 6.42 Å². The van der Waals surface area contributed by atoms with Gasteiger partial charge in [-0.15, -0.1) is 0 Å². The summed E-state index contributed by atoms with van der Waals surface area (Å²) in [6, 6.07) is 0. The molecule has 0 aliphatic rings. The summed E-state index contributed by atoms with van der Waals surface area (Å²) in [7, 11) is 0. The minimum atomic E-state index is -0.697. The summed E-state index contributed by atoms with van der Waals surface area (Å²) in [5.41, 5.74) is -0.583. The van der Waals surface area contributed by atoms with Gasteiger partial charge < -0.3 is 10.2 Å².